The van der Waals surface area contributed by atoms with Crippen molar-refractivity contribution < 1.29 is 14.6 Å². The van der Waals surface area contributed by atoms with Crippen molar-refractivity contribution in [3.63, 3.8) is 0 Å². The highest BCUT2D eigenvalue weighted by molar-refractivity contribution is 6.06. The number of para-hydroxylation sites is 1. The van der Waals surface area contributed by atoms with Crippen LogP contribution in [0.5, 0.6) is 5.88 Å². The lowest BCUT2D eigenvalue weighted by Crippen LogP contribution is -2.42. The van der Waals surface area contributed by atoms with Crippen LogP contribution in [0.1, 0.15) is 36.0 Å². The summed E-state index contributed by atoms with van der Waals surface area (Å²) < 4.78 is 5.26. The van der Waals surface area contributed by atoms with Gasteiger partial charge in [0.25, 0.3) is 5.91 Å². The standard InChI is InChI=1S/C19H22N2O3/c1-24-17-12-15(14-4-2-3-5-16(14)20-17)18(22)21-10-6-13(7-11-21)19(23)8-9-19/h2-5,12-13,23H,6-11H2,1H3. The highest BCUT2D eigenvalue weighted by Crippen LogP contribution is 2.46. The molecule has 2 aromatic rings. The molecule has 1 saturated heterocycles. The molecule has 0 unspecified atom stereocenters. The number of ether oxygens (including phenoxy) is 1. The van der Waals surface area contributed by atoms with Gasteiger partial charge in [0.15, 0.2) is 0 Å². The predicted molar refractivity (Wildman–Crippen MR) is 91.1 cm³/mol. The van der Waals surface area contributed by atoms with E-state index in [0.717, 1.165) is 36.6 Å². The average Bonchev–Trinajstić information content (AvgIpc) is 3.39. The quantitative estimate of drug-likeness (QED) is 0.942. The van der Waals surface area contributed by atoms with Gasteiger partial charge in [-0.05, 0) is 37.7 Å². The molecule has 24 heavy (non-hydrogen) atoms. The van der Waals surface area contributed by atoms with Crippen molar-refractivity contribution in [2.75, 3.05) is 20.2 Å². The van der Waals surface area contributed by atoms with Crippen LogP contribution >= 0.6 is 0 Å². The molecule has 5 heteroatoms. The second kappa shape index (κ2) is 5.74. The lowest BCUT2D eigenvalue weighted by molar-refractivity contribution is 0.0341. The van der Waals surface area contributed by atoms with Crippen molar-refractivity contribution in [3.8, 4) is 5.88 Å². The summed E-state index contributed by atoms with van der Waals surface area (Å²) in [6.45, 7) is 1.40. The van der Waals surface area contributed by atoms with Crippen molar-refractivity contribution in [3.05, 3.63) is 35.9 Å². The number of likely N-dealkylation sites (tertiary alicyclic amines) is 1. The number of aromatic nitrogens is 1. The van der Waals surface area contributed by atoms with E-state index >= 15 is 0 Å². The number of amides is 1. The van der Waals surface area contributed by atoms with E-state index in [1.165, 1.54) is 0 Å². The van der Waals surface area contributed by atoms with E-state index in [1.54, 1.807) is 13.2 Å². The number of piperidine rings is 1. The molecule has 0 spiro atoms. The average molecular weight is 326 g/mol. The van der Waals surface area contributed by atoms with Crippen LogP contribution in [0.15, 0.2) is 30.3 Å². The Morgan fingerprint density at radius 3 is 2.67 bits per heavy atom. The zero-order valence-corrected chi connectivity index (χ0v) is 13.9. The molecule has 4 rings (SSSR count). The first-order chi connectivity index (χ1) is 11.6. The van der Waals surface area contributed by atoms with Crippen LogP contribution in [0.3, 0.4) is 0 Å². The molecule has 2 fully saturated rings. The van der Waals surface area contributed by atoms with Gasteiger partial charge in [-0.2, -0.15) is 0 Å². The monoisotopic (exact) mass is 326 g/mol. The maximum Gasteiger partial charge on any atom is 0.254 e. The van der Waals surface area contributed by atoms with Gasteiger partial charge >= 0.3 is 0 Å². The van der Waals surface area contributed by atoms with E-state index < -0.39 is 5.60 Å². The first-order valence-electron chi connectivity index (χ1n) is 8.56. The molecule has 1 aromatic heterocycles. The van der Waals surface area contributed by atoms with Gasteiger partial charge in [0.05, 0.1) is 23.8 Å². The van der Waals surface area contributed by atoms with Gasteiger partial charge in [-0.15, -0.1) is 0 Å². The molecular weight excluding hydrogens is 304 g/mol. The van der Waals surface area contributed by atoms with Gasteiger partial charge in [0.2, 0.25) is 5.88 Å². The number of pyridine rings is 1. The Morgan fingerprint density at radius 1 is 1.29 bits per heavy atom. The molecule has 2 heterocycles. The molecule has 1 N–H and O–H groups in total. The number of carbonyl (C=O) groups excluding carboxylic acids is 1. The van der Waals surface area contributed by atoms with Gasteiger partial charge in [-0.3, -0.25) is 4.79 Å². The summed E-state index contributed by atoms with van der Waals surface area (Å²) in [4.78, 5) is 19.3. The van der Waals surface area contributed by atoms with Crippen molar-refractivity contribution in [2.24, 2.45) is 5.92 Å². The van der Waals surface area contributed by atoms with Gasteiger partial charge < -0.3 is 14.7 Å². The molecule has 5 nitrogen and oxygen atoms in total. The summed E-state index contributed by atoms with van der Waals surface area (Å²) in [5, 5.41) is 11.1. The number of rotatable bonds is 3. The number of hydrogen-bond acceptors (Lipinski definition) is 4. The maximum atomic E-state index is 13.0. The van der Waals surface area contributed by atoms with E-state index in [2.05, 4.69) is 4.98 Å². The number of nitrogens with zero attached hydrogens (tertiary/aromatic N) is 2. The minimum absolute atomic E-state index is 0.0214. The zero-order chi connectivity index (χ0) is 16.7. The van der Waals surface area contributed by atoms with E-state index in [-0.39, 0.29) is 5.91 Å². The molecule has 1 saturated carbocycles. The van der Waals surface area contributed by atoms with E-state index in [4.69, 9.17) is 4.74 Å². The highest BCUT2D eigenvalue weighted by Gasteiger charge is 2.48. The van der Waals surface area contributed by atoms with E-state index in [1.807, 2.05) is 29.2 Å². The van der Waals surface area contributed by atoms with Crippen LogP contribution in [0.2, 0.25) is 0 Å². The molecule has 2 aliphatic rings. The molecule has 126 valence electrons. The fourth-order valence-electron chi connectivity index (χ4n) is 3.76. The van der Waals surface area contributed by atoms with Crippen molar-refractivity contribution in [2.45, 2.75) is 31.3 Å². The smallest absolute Gasteiger partial charge is 0.254 e. The molecule has 1 aliphatic heterocycles. The summed E-state index contributed by atoms with van der Waals surface area (Å²) in [5.74, 6) is 0.817. The Labute approximate surface area is 141 Å². The third-order valence-corrected chi connectivity index (χ3v) is 5.44. The number of methoxy groups -OCH3 is 1. The molecule has 1 amide bonds. The fraction of sp³-hybridized carbons (Fsp3) is 0.474. The predicted octanol–water partition coefficient (Wildman–Crippen LogP) is 2.62. The third kappa shape index (κ3) is 2.63. The normalized spacial score (nSPS) is 20.2. The molecule has 1 aliphatic carbocycles. The SMILES string of the molecule is COc1cc(C(=O)N2CCC(C3(O)CC3)CC2)c2ccccc2n1. The van der Waals surface area contributed by atoms with Gasteiger partial charge in [0, 0.05) is 24.5 Å². The first kappa shape index (κ1) is 15.4. The molecule has 0 atom stereocenters. The van der Waals surface area contributed by atoms with E-state index in [9.17, 15) is 9.90 Å². The van der Waals surface area contributed by atoms with Gasteiger partial charge in [0.1, 0.15) is 0 Å². The summed E-state index contributed by atoms with van der Waals surface area (Å²) in [6.07, 6.45) is 3.58. The number of carbonyl (C=O) groups is 1. The van der Waals surface area contributed by atoms with Crippen LogP contribution in [0, 0.1) is 5.92 Å². The lowest BCUT2D eigenvalue weighted by atomic mass is 9.89. The zero-order valence-electron chi connectivity index (χ0n) is 13.9. The van der Waals surface area contributed by atoms with Crippen molar-refractivity contribution >= 4 is 16.8 Å². The molecule has 0 bridgehead atoms. The number of hydrogen-bond donors (Lipinski definition) is 1. The summed E-state index contributed by atoms with van der Waals surface area (Å²) in [5.41, 5.74) is 0.963. The lowest BCUT2D eigenvalue weighted by Gasteiger charge is -2.34. The van der Waals surface area contributed by atoms with Gasteiger partial charge in [-0.1, -0.05) is 18.2 Å². The van der Waals surface area contributed by atoms with Crippen LogP contribution in [-0.4, -0.2) is 46.7 Å². The van der Waals surface area contributed by atoms with E-state index in [0.29, 0.717) is 30.5 Å². The number of aliphatic hydroxyl groups is 1. The number of fused-ring (bicyclic) bond motifs is 1. The molecular formula is C19H22N2O3. The molecule has 0 radical (unpaired) electrons. The maximum absolute atomic E-state index is 13.0. The second-order valence-electron chi connectivity index (χ2n) is 6.90. The fourth-order valence-corrected chi connectivity index (χ4v) is 3.76. The van der Waals surface area contributed by atoms with Crippen molar-refractivity contribution in [1.29, 1.82) is 0 Å². The minimum Gasteiger partial charge on any atom is -0.481 e. The summed E-state index contributed by atoms with van der Waals surface area (Å²) >= 11 is 0. The Morgan fingerprint density at radius 2 is 2.00 bits per heavy atom. The molecule has 1 aromatic carbocycles. The largest absolute Gasteiger partial charge is 0.481 e. The van der Waals surface area contributed by atoms with Crippen LogP contribution in [0.4, 0.5) is 0 Å². The van der Waals surface area contributed by atoms with Gasteiger partial charge in [-0.25, -0.2) is 4.98 Å². The van der Waals surface area contributed by atoms with Crippen LogP contribution < -0.4 is 4.74 Å². The Bertz CT molecular complexity index is 777. The Kier molecular flexibility index (Phi) is 3.68. The Balaban J connectivity index is 1.59. The number of benzene rings is 1. The van der Waals surface area contributed by atoms with Crippen molar-refractivity contribution in [1.82, 2.24) is 9.88 Å². The minimum atomic E-state index is -0.443. The topological polar surface area (TPSA) is 62.7 Å². The van der Waals surface area contributed by atoms with Crippen LogP contribution in [0.25, 0.3) is 10.9 Å². The first-order valence-corrected chi connectivity index (χ1v) is 8.56. The Hall–Kier alpha value is -2.14. The highest BCUT2D eigenvalue weighted by atomic mass is 16.5. The second-order valence-corrected chi connectivity index (χ2v) is 6.90. The van der Waals surface area contributed by atoms with Crippen LogP contribution in [-0.2, 0) is 0 Å². The summed E-state index contributed by atoms with van der Waals surface area (Å²) in [7, 11) is 1.56. The third-order valence-electron chi connectivity index (χ3n) is 5.44. The summed E-state index contributed by atoms with van der Waals surface area (Å²) in [6, 6.07) is 9.37.